The minimum Gasteiger partial charge on any atom is -0.512 e. The van der Waals surface area contributed by atoms with Gasteiger partial charge in [-0.05, 0) is 33.1 Å². The third-order valence-electron chi connectivity index (χ3n) is 2.50. The molecule has 4 nitrogen and oxygen atoms in total. The molecule has 0 aromatic heterocycles. The summed E-state index contributed by atoms with van der Waals surface area (Å²) in [7, 11) is 0. The highest BCUT2D eigenvalue weighted by Gasteiger charge is 2.21. The van der Waals surface area contributed by atoms with Crippen LogP contribution in [-0.2, 0) is 9.53 Å². The lowest BCUT2D eigenvalue weighted by Crippen LogP contribution is -2.18. The first-order valence-electron chi connectivity index (χ1n) is 5.77. The van der Waals surface area contributed by atoms with Gasteiger partial charge in [0.15, 0.2) is 0 Å². The highest BCUT2D eigenvalue weighted by molar-refractivity contribution is 6.20. The first kappa shape index (κ1) is 12.7. The Kier molecular flexibility index (Phi) is 5.02. The normalized spacial score (nSPS) is 18.2. The van der Waals surface area contributed by atoms with Crippen molar-refractivity contribution < 1.29 is 14.6 Å². The van der Waals surface area contributed by atoms with Gasteiger partial charge in [0.25, 0.3) is 0 Å². The summed E-state index contributed by atoms with van der Waals surface area (Å²) >= 11 is 0. The van der Waals surface area contributed by atoms with Crippen LogP contribution in [0.15, 0.2) is 16.3 Å². The van der Waals surface area contributed by atoms with Crippen LogP contribution in [0, 0.1) is 0 Å². The molecule has 0 atom stereocenters. The predicted octanol–water partition coefficient (Wildman–Crippen LogP) is 2.40. The van der Waals surface area contributed by atoms with Crippen molar-refractivity contribution in [3.05, 3.63) is 11.3 Å². The molecule has 0 fully saturated rings. The monoisotopic (exact) mass is 225 g/mol. The van der Waals surface area contributed by atoms with E-state index in [0.717, 1.165) is 32.2 Å². The van der Waals surface area contributed by atoms with Gasteiger partial charge in [-0.25, -0.2) is 4.79 Å². The van der Waals surface area contributed by atoms with Gasteiger partial charge >= 0.3 is 5.97 Å². The summed E-state index contributed by atoms with van der Waals surface area (Å²) in [5.41, 5.74) is 0.944. The van der Waals surface area contributed by atoms with Crippen molar-refractivity contribution in [2.45, 2.75) is 39.5 Å². The molecule has 1 heterocycles. The second-order valence-electron chi connectivity index (χ2n) is 3.82. The quantitative estimate of drug-likeness (QED) is 0.456. The van der Waals surface area contributed by atoms with E-state index in [9.17, 15) is 9.90 Å². The van der Waals surface area contributed by atoms with E-state index in [0.29, 0.717) is 12.3 Å². The summed E-state index contributed by atoms with van der Waals surface area (Å²) in [6.07, 6.45) is 3.92. The number of hydrogen-bond acceptors (Lipinski definition) is 4. The molecule has 90 valence electrons. The Bertz CT molecular complexity index is 314. The van der Waals surface area contributed by atoms with Gasteiger partial charge in [0.2, 0.25) is 0 Å². The number of esters is 1. The van der Waals surface area contributed by atoms with Crippen LogP contribution in [-0.4, -0.2) is 29.9 Å². The molecular formula is C12H19NO3. The molecule has 0 spiro atoms. The maximum absolute atomic E-state index is 11.7. The number of rotatable bonds is 3. The molecule has 0 radical (unpaired) electrons. The van der Waals surface area contributed by atoms with Crippen LogP contribution in [0.1, 0.15) is 39.5 Å². The van der Waals surface area contributed by atoms with Crippen LogP contribution in [0.2, 0.25) is 0 Å². The van der Waals surface area contributed by atoms with Crippen molar-refractivity contribution >= 4 is 11.7 Å². The third-order valence-corrected chi connectivity index (χ3v) is 2.50. The number of carbonyl (C=O) groups excluding carboxylic acids is 1. The number of aliphatic imine (C=N–C) groups is 1. The molecule has 0 aliphatic carbocycles. The van der Waals surface area contributed by atoms with E-state index in [1.54, 1.807) is 6.92 Å². The number of ether oxygens (including phenoxy) is 1. The molecule has 0 saturated heterocycles. The Morgan fingerprint density at radius 1 is 1.44 bits per heavy atom. The van der Waals surface area contributed by atoms with E-state index >= 15 is 0 Å². The van der Waals surface area contributed by atoms with Crippen molar-refractivity contribution in [3.8, 4) is 0 Å². The number of aliphatic hydroxyl groups excluding tert-OH is 1. The minimum absolute atomic E-state index is 0.000833. The SMILES string of the molecule is CCOC(=O)C(C1=NCCCCC1)=C(C)O. The Hall–Kier alpha value is -1.32. The summed E-state index contributed by atoms with van der Waals surface area (Å²) in [4.78, 5) is 16.0. The molecule has 0 aromatic rings. The van der Waals surface area contributed by atoms with Crippen LogP contribution in [0.4, 0.5) is 0 Å². The van der Waals surface area contributed by atoms with E-state index < -0.39 is 5.97 Å². The summed E-state index contributed by atoms with van der Waals surface area (Å²) in [5.74, 6) is -0.470. The van der Waals surface area contributed by atoms with Crippen molar-refractivity contribution in [1.29, 1.82) is 0 Å². The zero-order valence-corrected chi connectivity index (χ0v) is 9.95. The number of aliphatic hydroxyl groups is 1. The van der Waals surface area contributed by atoms with Gasteiger partial charge in [0, 0.05) is 6.54 Å². The Morgan fingerprint density at radius 3 is 2.81 bits per heavy atom. The van der Waals surface area contributed by atoms with Gasteiger partial charge in [0.05, 0.1) is 12.3 Å². The number of carbonyl (C=O) groups is 1. The smallest absolute Gasteiger partial charge is 0.343 e. The third kappa shape index (κ3) is 3.36. The van der Waals surface area contributed by atoms with Crippen LogP contribution >= 0.6 is 0 Å². The lowest BCUT2D eigenvalue weighted by Gasteiger charge is -2.09. The molecular weight excluding hydrogens is 206 g/mol. The molecule has 16 heavy (non-hydrogen) atoms. The summed E-state index contributed by atoms with van der Waals surface area (Å²) < 4.78 is 4.92. The van der Waals surface area contributed by atoms with E-state index in [1.165, 1.54) is 6.92 Å². The summed E-state index contributed by atoms with van der Waals surface area (Å²) in [6.45, 7) is 4.28. The highest BCUT2D eigenvalue weighted by atomic mass is 16.5. The van der Waals surface area contributed by atoms with Gasteiger partial charge < -0.3 is 9.84 Å². The molecule has 0 aromatic carbocycles. The Labute approximate surface area is 96.0 Å². The van der Waals surface area contributed by atoms with Crippen LogP contribution in [0.3, 0.4) is 0 Å². The van der Waals surface area contributed by atoms with E-state index in [1.807, 2.05) is 0 Å². The Balaban J connectivity index is 2.89. The zero-order chi connectivity index (χ0) is 12.0. The fourth-order valence-corrected chi connectivity index (χ4v) is 1.76. The molecule has 0 unspecified atom stereocenters. The largest absolute Gasteiger partial charge is 0.512 e. The lowest BCUT2D eigenvalue weighted by molar-refractivity contribution is -0.138. The van der Waals surface area contributed by atoms with Gasteiger partial charge in [-0.1, -0.05) is 6.42 Å². The molecule has 0 amide bonds. The second kappa shape index (κ2) is 6.30. The maximum atomic E-state index is 11.7. The maximum Gasteiger partial charge on any atom is 0.343 e. The first-order chi connectivity index (χ1) is 7.66. The van der Waals surface area contributed by atoms with E-state index in [4.69, 9.17) is 4.74 Å². The van der Waals surface area contributed by atoms with Crippen molar-refractivity contribution in [3.63, 3.8) is 0 Å². The van der Waals surface area contributed by atoms with E-state index in [-0.39, 0.29) is 11.3 Å². The second-order valence-corrected chi connectivity index (χ2v) is 3.82. The van der Waals surface area contributed by atoms with Gasteiger partial charge in [0.1, 0.15) is 11.3 Å². The lowest BCUT2D eigenvalue weighted by atomic mass is 10.0. The molecule has 1 aliphatic heterocycles. The first-order valence-corrected chi connectivity index (χ1v) is 5.77. The van der Waals surface area contributed by atoms with Gasteiger partial charge in [-0.15, -0.1) is 0 Å². The fourth-order valence-electron chi connectivity index (χ4n) is 1.76. The Morgan fingerprint density at radius 2 is 2.19 bits per heavy atom. The van der Waals surface area contributed by atoms with Crippen LogP contribution < -0.4 is 0 Å². The predicted molar refractivity (Wildman–Crippen MR) is 62.7 cm³/mol. The molecule has 0 bridgehead atoms. The van der Waals surface area contributed by atoms with E-state index in [2.05, 4.69) is 4.99 Å². The van der Waals surface area contributed by atoms with Crippen LogP contribution in [0.5, 0.6) is 0 Å². The molecule has 1 aliphatic rings. The fraction of sp³-hybridized carbons (Fsp3) is 0.667. The molecule has 1 rings (SSSR count). The van der Waals surface area contributed by atoms with Crippen molar-refractivity contribution in [2.75, 3.05) is 13.2 Å². The molecule has 4 heteroatoms. The summed E-state index contributed by atoms with van der Waals surface area (Å²) in [6, 6.07) is 0. The molecule has 0 saturated carbocycles. The number of allylic oxidation sites excluding steroid dienone is 1. The van der Waals surface area contributed by atoms with Gasteiger partial charge in [-0.3, -0.25) is 4.99 Å². The zero-order valence-electron chi connectivity index (χ0n) is 9.95. The van der Waals surface area contributed by atoms with Crippen molar-refractivity contribution in [1.82, 2.24) is 0 Å². The standard InChI is InChI=1S/C12H19NO3/c1-3-16-12(15)11(9(2)14)10-7-5-4-6-8-13-10/h14H,3-8H2,1-2H3. The molecule has 1 N–H and O–H groups in total. The average Bonchev–Trinajstić information content (AvgIpc) is 2.46. The average molecular weight is 225 g/mol. The van der Waals surface area contributed by atoms with Crippen LogP contribution in [0.25, 0.3) is 0 Å². The van der Waals surface area contributed by atoms with Crippen molar-refractivity contribution in [2.24, 2.45) is 4.99 Å². The van der Waals surface area contributed by atoms with Gasteiger partial charge in [-0.2, -0.15) is 0 Å². The number of nitrogens with zero attached hydrogens (tertiary/aromatic N) is 1. The number of hydrogen-bond donors (Lipinski definition) is 1. The highest BCUT2D eigenvalue weighted by Crippen LogP contribution is 2.16. The minimum atomic E-state index is -0.469. The summed E-state index contributed by atoms with van der Waals surface area (Å²) in [5, 5.41) is 9.55. The topological polar surface area (TPSA) is 58.9 Å².